The summed E-state index contributed by atoms with van der Waals surface area (Å²) in [5.41, 5.74) is -5.55. The molecule has 1 atom stereocenters. The summed E-state index contributed by atoms with van der Waals surface area (Å²) in [6.45, 7) is 4.00. The number of carbonyl (C=O) groups excluding carboxylic acids is 1. The Morgan fingerprint density at radius 1 is 0.909 bits per heavy atom. The lowest BCUT2D eigenvalue weighted by Crippen LogP contribution is -2.43. The third kappa shape index (κ3) is 3.41. The Balaban J connectivity index is 5.93. The van der Waals surface area contributed by atoms with E-state index in [0.29, 0.717) is 6.92 Å². The molecule has 22 heavy (non-hydrogen) atoms. The second kappa shape index (κ2) is 6.50. The lowest BCUT2D eigenvalue weighted by atomic mass is 9.76. The van der Waals surface area contributed by atoms with Gasteiger partial charge in [-0.25, -0.2) is 0 Å². The van der Waals surface area contributed by atoms with Crippen molar-refractivity contribution in [2.75, 3.05) is 0 Å². The number of ketones is 1. The van der Waals surface area contributed by atoms with Gasteiger partial charge in [0.05, 0.1) is 0 Å². The largest absolute Gasteiger partial charge is 0.511 e. The van der Waals surface area contributed by atoms with Crippen LogP contribution in [0.1, 0.15) is 47.0 Å². The number of hydrogen-bond acceptors (Lipinski definition) is 2. The second-order valence-electron chi connectivity index (χ2n) is 5.36. The van der Waals surface area contributed by atoms with Crippen molar-refractivity contribution >= 4 is 5.78 Å². The van der Waals surface area contributed by atoms with Crippen molar-refractivity contribution in [3.8, 4) is 0 Å². The van der Waals surface area contributed by atoms with Crippen LogP contribution in [0.15, 0.2) is 11.8 Å². The van der Waals surface area contributed by atoms with Crippen LogP contribution in [0, 0.1) is 10.8 Å². The minimum absolute atomic E-state index is 0.0808. The quantitative estimate of drug-likeness (QED) is 0.404. The van der Waals surface area contributed by atoms with Crippen LogP contribution < -0.4 is 0 Å². The number of carbonyl (C=O) groups is 1. The van der Waals surface area contributed by atoms with Crippen LogP contribution in [0.5, 0.6) is 0 Å². The number of halogens is 6. The summed E-state index contributed by atoms with van der Waals surface area (Å²) in [5.74, 6) is -2.96. The molecule has 0 aliphatic heterocycles. The Kier molecular flexibility index (Phi) is 6.14. The molecule has 0 fully saturated rings. The van der Waals surface area contributed by atoms with Crippen molar-refractivity contribution in [1.29, 1.82) is 0 Å². The van der Waals surface area contributed by atoms with Crippen molar-refractivity contribution in [2.24, 2.45) is 10.8 Å². The molecule has 0 radical (unpaired) electrons. The van der Waals surface area contributed by atoms with Gasteiger partial charge in [-0.1, -0.05) is 20.8 Å². The fraction of sp³-hybridized carbons (Fsp3) is 0.786. The summed E-state index contributed by atoms with van der Waals surface area (Å²) >= 11 is 0. The van der Waals surface area contributed by atoms with Gasteiger partial charge in [-0.3, -0.25) is 4.79 Å². The molecule has 8 heteroatoms. The molecule has 2 nitrogen and oxygen atoms in total. The average Bonchev–Trinajstić information content (AvgIpc) is 2.36. The van der Waals surface area contributed by atoms with E-state index in [0.717, 1.165) is 20.8 Å². The summed E-state index contributed by atoms with van der Waals surface area (Å²) in [4.78, 5) is 11.8. The maximum absolute atomic E-state index is 13.2. The molecule has 0 saturated heterocycles. The first-order valence-corrected chi connectivity index (χ1v) is 6.82. The first kappa shape index (κ1) is 20.8. The highest BCUT2D eigenvalue weighted by Gasteiger charge is 2.58. The Morgan fingerprint density at radius 2 is 1.32 bits per heavy atom. The molecule has 0 spiro atoms. The summed E-state index contributed by atoms with van der Waals surface area (Å²) in [7, 11) is 0. The minimum atomic E-state index is -4.92. The van der Waals surface area contributed by atoms with Crippen molar-refractivity contribution < 1.29 is 36.2 Å². The van der Waals surface area contributed by atoms with Gasteiger partial charge < -0.3 is 5.11 Å². The van der Waals surface area contributed by atoms with Gasteiger partial charge in [-0.2, -0.15) is 26.3 Å². The van der Waals surface area contributed by atoms with Crippen LogP contribution in [0.3, 0.4) is 0 Å². The van der Waals surface area contributed by atoms with E-state index < -0.39 is 54.0 Å². The van der Waals surface area contributed by atoms with E-state index in [1.54, 1.807) is 0 Å². The zero-order valence-corrected chi connectivity index (χ0v) is 12.8. The third-order valence-corrected chi connectivity index (χ3v) is 4.38. The molecule has 0 aliphatic carbocycles. The van der Waals surface area contributed by atoms with E-state index in [1.165, 1.54) is 0 Å². The molecule has 0 aliphatic rings. The lowest BCUT2D eigenvalue weighted by Gasteiger charge is -2.34. The molecule has 0 aromatic rings. The number of aliphatic hydroxyl groups is 1. The van der Waals surface area contributed by atoms with Crippen molar-refractivity contribution in [1.82, 2.24) is 0 Å². The normalized spacial score (nSPS) is 17.3. The second-order valence-corrected chi connectivity index (χ2v) is 5.36. The van der Waals surface area contributed by atoms with Gasteiger partial charge in [-0.15, -0.1) is 0 Å². The fourth-order valence-electron chi connectivity index (χ4n) is 2.09. The third-order valence-electron chi connectivity index (χ3n) is 4.38. The van der Waals surface area contributed by atoms with Gasteiger partial charge in [0, 0.05) is 6.08 Å². The van der Waals surface area contributed by atoms with Crippen LogP contribution in [0.4, 0.5) is 26.3 Å². The molecule has 0 saturated carbocycles. The smallest absolute Gasteiger partial charge is 0.401 e. The van der Waals surface area contributed by atoms with E-state index in [2.05, 4.69) is 0 Å². The SMILES string of the molecule is CCC(C)(C(=O)/C=C(\O)C(CC)(CC)C(F)(F)F)C(F)(F)F. The number of aliphatic hydroxyl groups excluding tert-OH is 1. The Morgan fingerprint density at radius 3 is 1.55 bits per heavy atom. The monoisotopic (exact) mass is 334 g/mol. The molecule has 0 aromatic carbocycles. The van der Waals surface area contributed by atoms with E-state index in [-0.39, 0.29) is 6.08 Å². The van der Waals surface area contributed by atoms with Gasteiger partial charge in [0.1, 0.15) is 16.6 Å². The molecule has 0 heterocycles. The Hall–Kier alpha value is -1.21. The maximum Gasteiger partial charge on any atom is 0.401 e. The lowest BCUT2D eigenvalue weighted by molar-refractivity contribution is -0.222. The number of hydrogen-bond donors (Lipinski definition) is 1. The highest BCUT2D eigenvalue weighted by molar-refractivity contribution is 5.95. The molecular weight excluding hydrogens is 314 g/mol. The highest BCUT2D eigenvalue weighted by Crippen LogP contribution is 2.49. The molecule has 0 amide bonds. The highest BCUT2D eigenvalue weighted by atomic mass is 19.4. The Labute approximate surface area is 125 Å². The summed E-state index contributed by atoms with van der Waals surface area (Å²) < 4.78 is 78.3. The minimum Gasteiger partial charge on any atom is -0.511 e. The zero-order chi connectivity index (χ0) is 18.0. The van der Waals surface area contributed by atoms with E-state index in [4.69, 9.17) is 0 Å². The first-order chi connectivity index (χ1) is 9.73. The van der Waals surface area contributed by atoms with Gasteiger partial charge >= 0.3 is 12.4 Å². The van der Waals surface area contributed by atoms with Gasteiger partial charge in [-0.05, 0) is 26.2 Å². The van der Waals surface area contributed by atoms with Crippen LogP contribution >= 0.6 is 0 Å². The van der Waals surface area contributed by atoms with Crippen LogP contribution in [-0.4, -0.2) is 23.2 Å². The summed E-state index contributed by atoms with van der Waals surface area (Å²) in [6.07, 6.45) is -11.5. The standard InChI is InChI=1S/C14H20F6O2/c1-5-11(4,13(15,16)17)9(21)8-10(22)12(6-2,7-3)14(18,19)20/h8,22H,5-7H2,1-4H3/b10-8-. The van der Waals surface area contributed by atoms with Gasteiger partial charge in [0.15, 0.2) is 5.78 Å². The maximum atomic E-state index is 13.2. The number of alkyl halides is 6. The molecule has 1 unspecified atom stereocenters. The predicted octanol–water partition coefficient (Wildman–Crippen LogP) is 5.34. The molecule has 0 rings (SSSR count). The average molecular weight is 334 g/mol. The molecule has 130 valence electrons. The van der Waals surface area contributed by atoms with E-state index in [1.807, 2.05) is 0 Å². The zero-order valence-electron chi connectivity index (χ0n) is 12.8. The topological polar surface area (TPSA) is 37.3 Å². The molecule has 1 N–H and O–H groups in total. The summed E-state index contributed by atoms with van der Waals surface area (Å²) in [5, 5.41) is 9.74. The number of allylic oxidation sites excluding steroid dienone is 2. The number of rotatable bonds is 6. The Bertz CT molecular complexity index is 432. The predicted molar refractivity (Wildman–Crippen MR) is 69.2 cm³/mol. The van der Waals surface area contributed by atoms with E-state index >= 15 is 0 Å². The van der Waals surface area contributed by atoms with Crippen LogP contribution in [0.25, 0.3) is 0 Å². The van der Waals surface area contributed by atoms with Gasteiger partial charge in [0.25, 0.3) is 0 Å². The molecule has 0 aromatic heterocycles. The fourth-order valence-corrected chi connectivity index (χ4v) is 2.09. The van der Waals surface area contributed by atoms with Crippen molar-refractivity contribution in [3.63, 3.8) is 0 Å². The first-order valence-electron chi connectivity index (χ1n) is 6.82. The van der Waals surface area contributed by atoms with E-state index in [9.17, 15) is 36.2 Å². The molecule has 0 bridgehead atoms. The van der Waals surface area contributed by atoms with Crippen molar-refractivity contribution in [2.45, 2.75) is 59.3 Å². The van der Waals surface area contributed by atoms with Crippen LogP contribution in [0.2, 0.25) is 0 Å². The van der Waals surface area contributed by atoms with Crippen LogP contribution in [-0.2, 0) is 4.79 Å². The molecular formula is C14H20F6O2. The van der Waals surface area contributed by atoms with Crippen molar-refractivity contribution in [3.05, 3.63) is 11.8 Å². The summed E-state index contributed by atoms with van der Waals surface area (Å²) in [6, 6.07) is 0. The van der Waals surface area contributed by atoms with Gasteiger partial charge in [0.2, 0.25) is 0 Å².